The minimum absolute atomic E-state index is 1.22. The molecule has 3 heterocycles. The highest BCUT2D eigenvalue weighted by Gasteiger charge is 2.20. The van der Waals surface area contributed by atoms with Crippen molar-refractivity contribution >= 4 is 113 Å². The van der Waals surface area contributed by atoms with Gasteiger partial charge >= 0.3 is 0 Å². The highest BCUT2D eigenvalue weighted by molar-refractivity contribution is 7.26. The monoisotopic (exact) mass is 649 g/mol. The van der Waals surface area contributed by atoms with Gasteiger partial charge in [-0.15, -0.1) is 11.3 Å². The summed E-state index contributed by atoms with van der Waals surface area (Å²) in [6, 6.07) is 61.3. The van der Waals surface area contributed by atoms with Gasteiger partial charge in [-0.3, -0.25) is 0 Å². The summed E-state index contributed by atoms with van der Waals surface area (Å²) < 4.78 is 5.21. The van der Waals surface area contributed by atoms with Gasteiger partial charge in [-0.1, -0.05) is 127 Å². The number of para-hydroxylation sites is 1. The Bertz CT molecular complexity index is 3380. The van der Waals surface area contributed by atoms with E-state index in [1.165, 1.54) is 112 Å². The van der Waals surface area contributed by atoms with Crippen molar-refractivity contribution in [2.24, 2.45) is 0 Å². The number of benzene rings is 9. The second kappa shape index (κ2) is 9.69. The maximum atomic E-state index is 2.55. The summed E-state index contributed by atoms with van der Waals surface area (Å²) in [5.41, 5.74) is 6.22. The lowest BCUT2D eigenvalue weighted by molar-refractivity contribution is 1.36. The van der Waals surface area contributed by atoms with Crippen molar-refractivity contribution in [3.05, 3.63) is 164 Å². The molecule has 0 saturated carbocycles. The Hall–Kier alpha value is -6.22. The number of hydrogen-bond donors (Lipinski definition) is 0. The molecule has 230 valence electrons. The Labute approximate surface area is 290 Å². The first-order valence-electron chi connectivity index (χ1n) is 17.3. The third-order valence-corrected chi connectivity index (χ3v) is 12.2. The van der Waals surface area contributed by atoms with Gasteiger partial charge in [-0.05, 0) is 96.0 Å². The van der Waals surface area contributed by atoms with Crippen molar-refractivity contribution < 1.29 is 0 Å². The lowest BCUT2D eigenvalue weighted by Gasteiger charge is -2.12. The van der Waals surface area contributed by atoms with Crippen molar-refractivity contribution in [2.45, 2.75) is 0 Å². The molecule has 0 radical (unpaired) electrons. The van der Waals surface area contributed by atoms with E-state index < -0.39 is 0 Å². The molecule has 50 heavy (non-hydrogen) atoms. The zero-order valence-corrected chi connectivity index (χ0v) is 27.8. The Kier molecular flexibility index (Phi) is 5.18. The van der Waals surface area contributed by atoms with Crippen molar-refractivity contribution in [3.8, 4) is 11.1 Å². The summed E-state index contributed by atoms with van der Waals surface area (Å²) >= 11 is 1.90. The lowest BCUT2D eigenvalue weighted by Crippen LogP contribution is -1.87. The second-order valence-corrected chi connectivity index (χ2v) is 14.7. The first kappa shape index (κ1) is 26.7. The van der Waals surface area contributed by atoms with Crippen LogP contribution >= 0.6 is 11.3 Å². The predicted octanol–water partition coefficient (Wildman–Crippen LogP) is 14.0. The molecule has 0 aliphatic carbocycles. The van der Waals surface area contributed by atoms with Crippen LogP contribution in [0.3, 0.4) is 0 Å². The summed E-state index contributed by atoms with van der Waals surface area (Å²) in [7, 11) is 0. The summed E-state index contributed by atoms with van der Waals surface area (Å²) in [5.74, 6) is 0. The molecular weight excluding hydrogens is 623 g/mol. The van der Waals surface area contributed by atoms with Gasteiger partial charge < -0.3 is 4.40 Å². The van der Waals surface area contributed by atoms with E-state index in [9.17, 15) is 0 Å². The fourth-order valence-electron chi connectivity index (χ4n) is 9.00. The topological polar surface area (TPSA) is 4.41 Å². The van der Waals surface area contributed by atoms with Crippen molar-refractivity contribution in [1.82, 2.24) is 4.40 Å². The first-order chi connectivity index (χ1) is 24.8. The van der Waals surface area contributed by atoms with Crippen LogP contribution in [0.1, 0.15) is 0 Å². The molecule has 12 aromatic rings. The van der Waals surface area contributed by atoms with E-state index in [0.717, 1.165) is 0 Å². The number of nitrogens with zero attached hydrogens (tertiary/aromatic N) is 1. The summed E-state index contributed by atoms with van der Waals surface area (Å²) in [6.45, 7) is 0. The van der Waals surface area contributed by atoms with Crippen molar-refractivity contribution in [2.75, 3.05) is 0 Å². The fourth-order valence-corrected chi connectivity index (χ4v) is 10.1. The molecule has 0 atom stereocenters. The predicted molar refractivity (Wildman–Crippen MR) is 218 cm³/mol. The van der Waals surface area contributed by atoms with Crippen LogP contribution in [0.4, 0.5) is 0 Å². The smallest absolute Gasteiger partial charge is 0.0634 e. The minimum Gasteiger partial charge on any atom is -0.308 e. The van der Waals surface area contributed by atoms with Crippen LogP contribution in [0.15, 0.2) is 164 Å². The van der Waals surface area contributed by atoms with Gasteiger partial charge in [0.25, 0.3) is 0 Å². The maximum absolute atomic E-state index is 2.55. The number of rotatable bonds is 1. The van der Waals surface area contributed by atoms with Gasteiger partial charge in [0.2, 0.25) is 0 Å². The number of thiophene rings is 1. The largest absolute Gasteiger partial charge is 0.308 e. The highest BCUT2D eigenvalue weighted by Crippen LogP contribution is 2.46. The normalized spacial score (nSPS) is 12.4. The highest BCUT2D eigenvalue weighted by atomic mass is 32.1. The Morgan fingerprint density at radius 1 is 0.300 bits per heavy atom. The lowest BCUT2D eigenvalue weighted by atomic mass is 9.92. The van der Waals surface area contributed by atoms with Crippen LogP contribution < -0.4 is 0 Å². The molecule has 0 amide bonds. The summed E-state index contributed by atoms with van der Waals surface area (Å²) in [4.78, 5) is 0. The van der Waals surface area contributed by atoms with Crippen LogP contribution in [0, 0.1) is 0 Å². The third kappa shape index (κ3) is 3.41. The van der Waals surface area contributed by atoms with Crippen molar-refractivity contribution in [1.29, 1.82) is 0 Å². The molecule has 0 N–H and O–H groups in total. The van der Waals surface area contributed by atoms with Gasteiger partial charge in [0, 0.05) is 36.3 Å². The number of hydrogen-bond acceptors (Lipinski definition) is 1. The van der Waals surface area contributed by atoms with Gasteiger partial charge in [-0.25, -0.2) is 0 Å². The standard InChI is InChI=1S/C48H27NS/c1-2-12-32-30(10-1)31-11-3-6-15-35(31)40-26-28(20-22-36(32)40)29-21-24-43-41(27-29)39-23-25-45-47-46-38(17-9-19-44(46)50-45)34-14-5-4-13-33(34)37-16-7-8-18-42(37)49(43)48(39)47/h1-27H. The minimum atomic E-state index is 1.22. The van der Waals surface area contributed by atoms with E-state index in [2.05, 4.69) is 168 Å². The van der Waals surface area contributed by atoms with Crippen LogP contribution in [0.5, 0.6) is 0 Å². The molecule has 2 heteroatoms. The maximum Gasteiger partial charge on any atom is 0.0634 e. The van der Waals surface area contributed by atoms with Crippen LogP contribution in [-0.4, -0.2) is 4.40 Å². The quantitative estimate of drug-likeness (QED) is 0.156. The average Bonchev–Trinajstić information content (AvgIpc) is 3.74. The van der Waals surface area contributed by atoms with Crippen LogP contribution in [-0.2, 0) is 0 Å². The van der Waals surface area contributed by atoms with Crippen LogP contribution in [0.2, 0.25) is 0 Å². The molecule has 0 bridgehead atoms. The van der Waals surface area contributed by atoms with Crippen molar-refractivity contribution in [3.63, 3.8) is 0 Å². The third-order valence-electron chi connectivity index (χ3n) is 11.1. The second-order valence-electron chi connectivity index (χ2n) is 13.6. The van der Waals surface area contributed by atoms with Gasteiger partial charge in [-0.2, -0.15) is 0 Å². The Balaban J connectivity index is 1.25. The molecule has 12 rings (SSSR count). The van der Waals surface area contributed by atoms with Gasteiger partial charge in [0.05, 0.1) is 16.6 Å². The van der Waals surface area contributed by atoms with E-state index in [-0.39, 0.29) is 0 Å². The first-order valence-corrected chi connectivity index (χ1v) is 18.1. The zero-order chi connectivity index (χ0) is 32.5. The molecule has 0 aliphatic rings. The summed E-state index contributed by atoms with van der Waals surface area (Å²) in [6.07, 6.45) is 0. The molecular formula is C48H27NS. The molecule has 1 nitrogen and oxygen atoms in total. The molecule has 0 fully saturated rings. The summed E-state index contributed by atoms with van der Waals surface area (Å²) in [5, 5.41) is 18.2. The van der Waals surface area contributed by atoms with E-state index >= 15 is 0 Å². The number of fused-ring (bicyclic) bond motifs is 14. The van der Waals surface area contributed by atoms with Gasteiger partial charge in [0.15, 0.2) is 0 Å². The molecule has 0 unspecified atom stereocenters. The molecule has 3 aromatic heterocycles. The molecule has 9 aromatic carbocycles. The van der Waals surface area contributed by atoms with Crippen LogP contribution in [0.25, 0.3) is 112 Å². The van der Waals surface area contributed by atoms with E-state index in [0.29, 0.717) is 0 Å². The number of aromatic nitrogens is 1. The Morgan fingerprint density at radius 3 is 1.50 bits per heavy atom. The Morgan fingerprint density at radius 2 is 0.780 bits per heavy atom. The fraction of sp³-hybridized carbons (Fsp3) is 0. The van der Waals surface area contributed by atoms with E-state index in [1.807, 2.05) is 11.3 Å². The molecule has 0 saturated heterocycles. The average molecular weight is 650 g/mol. The zero-order valence-electron chi connectivity index (χ0n) is 26.9. The SMILES string of the molecule is c1ccc2c(c1)c1ccccc1c1cc(-c3ccc4c(c3)c3ccc5sc6cccc7c8ccccc8c8ccccc8n4c3c5c67)ccc21. The van der Waals surface area contributed by atoms with E-state index in [4.69, 9.17) is 0 Å². The molecule has 0 aliphatic heterocycles. The van der Waals surface area contributed by atoms with Gasteiger partial charge in [0.1, 0.15) is 0 Å². The van der Waals surface area contributed by atoms with E-state index in [1.54, 1.807) is 0 Å². The molecule has 0 spiro atoms.